The second-order valence-corrected chi connectivity index (χ2v) is 5.55. The number of aliphatic hydroxyl groups is 1. The fraction of sp³-hybridized carbons (Fsp3) is 0.278. The second-order valence-electron chi connectivity index (χ2n) is 5.55. The first kappa shape index (κ1) is 14.6. The minimum atomic E-state index is -1.17. The standard InChI is InChI=1S/C18H19NO3/c1-22-14-9-5-8-13(10-14)17(20)18(21)19-16-11-15(16)12-6-3-2-4-7-12/h2-10,15-17,20H,11H2,1H3,(H,19,21). The summed E-state index contributed by atoms with van der Waals surface area (Å²) in [5.41, 5.74) is 1.76. The van der Waals surface area contributed by atoms with Gasteiger partial charge < -0.3 is 15.2 Å². The topological polar surface area (TPSA) is 58.6 Å². The Hall–Kier alpha value is -2.33. The summed E-state index contributed by atoms with van der Waals surface area (Å²) < 4.78 is 5.11. The SMILES string of the molecule is COc1cccc(C(O)C(=O)NC2CC2c2ccccc2)c1. The molecule has 0 spiro atoms. The van der Waals surface area contributed by atoms with E-state index in [2.05, 4.69) is 17.4 Å². The van der Waals surface area contributed by atoms with Crippen molar-refractivity contribution in [1.82, 2.24) is 5.32 Å². The van der Waals surface area contributed by atoms with Crippen LogP contribution in [-0.4, -0.2) is 24.2 Å². The van der Waals surface area contributed by atoms with Gasteiger partial charge in [-0.2, -0.15) is 0 Å². The van der Waals surface area contributed by atoms with Crippen LogP contribution in [0.3, 0.4) is 0 Å². The lowest BCUT2D eigenvalue weighted by atomic mass is 10.1. The molecular weight excluding hydrogens is 278 g/mol. The van der Waals surface area contributed by atoms with E-state index in [1.165, 1.54) is 5.56 Å². The number of nitrogens with one attached hydrogen (secondary N) is 1. The summed E-state index contributed by atoms with van der Waals surface area (Å²) in [5.74, 6) is 0.609. The zero-order valence-corrected chi connectivity index (χ0v) is 12.4. The van der Waals surface area contributed by atoms with Gasteiger partial charge in [0.15, 0.2) is 6.10 Å². The molecule has 3 rings (SSSR count). The van der Waals surface area contributed by atoms with Crippen molar-refractivity contribution in [2.45, 2.75) is 24.5 Å². The highest BCUT2D eigenvalue weighted by Crippen LogP contribution is 2.40. The fourth-order valence-electron chi connectivity index (χ4n) is 2.65. The number of rotatable bonds is 5. The number of hydrogen-bond acceptors (Lipinski definition) is 3. The van der Waals surface area contributed by atoms with Gasteiger partial charge in [0.1, 0.15) is 5.75 Å². The third kappa shape index (κ3) is 3.12. The molecular formula is C18H19NO3. The number of hydrogen-bond donors (Lipinski definition) is 2. The Morgan fingerprint density at radius 1 is 1.23 bits per heavy atom. The van der Waals surface area contributed by atoms with E-state index >= 15 is 0 Å². The van der Waals surface area contributed by atoms with E-state index in [0.717, 1.165) is 6.42 Å². The van der Waals surface area contributed by atoms with Gasteiger partial charge >= 0.3 is 0 Å². The molecule has 114 valence electrons. The lowest BCUT2D eigenvalue weighted by Gasteiger charge is -2.12. The predicted molar refractivity (Wildman–Crippen MR) is 83.7 cm³/mol. The molecule has 0 aromatic heterocycles. The van der Waals surface area contributed by atoms with Crippen LogP contribution in [0.4, 0.5) is 0 Å². The second kappa shape index (κ2) is 6.20. The van der Waals surface area contributed by atoms with Gasteiger partial charge in [0.25, 0.3) is 5.91 Å². The van der Waals surface area contributed by atoms with Crippen molar-refractivity contribution in [3.8, 4) is 5.75 Å². The summed E-state index contributed by atoms with van der Waals surface area (Å²) in [7, 11) is 1.56. The molecule has 3 unspecified atom stereocenters. The highest BCUT2D eigenvalue weighted by molar-refractivity contribution is 5.82. The summed E-state index contributed by atoms with van der Waals surface area (Å²) >= 11 is 0. The van der Waals surface area contributed by atoms with Crippen molar-refractivity contribution in [2.75, 3.05) is 7.11 Å². The maximum Gasteiger partial charge on any atom is 0.253 e. The predicted octanol–water partition coefficient (Wildman–Crippen LogP) is 2.40. The number of ether oxygens (including phenoxy) is 1. The Morgan fingerprint density at radius 2 is 2.00 bits per heavy atom. The molecule has 1 fully saturated rings. The average molecular weight is 297 g/mol. The highest BCUT2D eigenvalue weighted by atomic mass is 16.5. The van der Waals surface area contributed by atoms with Crippen molar-refractivity contribution in [3.63, 3.8) is 0 Å². The van der Waals surface area contributed by atoms with Gasteiger partial charge in [-0.3, -0.25) is 4.79 Å². The van der Waals surface area contributed by atoms with Crippen LogP contribution in [0.25, 0.3) is 0 Å². The third-order valence-electron chi connectivity index (χ3n) is 4.00. The number of methoxy groups -OCH3 is 1. The first-order valence-corrected chi connectivity index (χ1v) is 7.36. The van der Waals surface area contributed by atoms with Gasteiger partial charge in [-0.1, -0.05) is 42.5 Å². The number of benzene rings is 2. The van der Waals surface area contributed by atoms with Crippen LogP contribution >= 0.6 is 0 Å². The van der Waals surface area contributed by atoms with E-state index in [1.807, 2.05) is 18.2 Å². The fourth-order valence-corrected chi connectivity index (χ4v) is 2.65. The van der Waals surface area contributed by atoms with E-state index in [4.69, 9.17) is 4.74 Å². The average Bonchev–Trinajstić information content (AvgIpc) is 3.34. The van der Waals surface area contributed by atoms with E-state index in [-0.39, 0.29) is 11.9 Å². The van der Waals surface area contributed by atoms with Gasteiger partial charge in [0.05, 0.1) is 7.11 Å². The van der Waals surface area contributed by atoms with Crippen LogP contribution in [0.5, 0.6) is 5.75 Å². The smallest absolute Gasteiger partial charge is 0.253 e. The van der Waals surface area contributed by atoms with Crippen LogP contribution in [0.1, 0.15) is 29.6 Å². The Morgan fingerprint density at radius 3 is 2.73 bits per heavy atom. The van der Waals surface area contributed by atoms with Gasteiger partial charge in [-0.05, 0) is 29.7 Å². The van der Waals surface area contributed by atoms with Gasteiger partial charge in [0.2, 0.25) is 0 Å². The number of carbonyl (C=O) groups excluding carboxylic acids is 1. The molecule has 3 atom stereocenters. The summed E-state index contributed by atoms with van der Waals surface area (Å²) in [6.07, 6.45) is -0.257. The summed E-state index contributed by atoms with van der Waals surface area (Å²) in [4.78, 5) is 12.2. The minimum absolute atomic E-state index is 0.107. The summed E-state index contributed by atoms with van der Waals surface area (Å²) in [5, 5.41) is 13.1. The lowest BCUT2D eigenvalue weighted by molar-refractivity contribution is -0.129. The largest absolute Gasteiger partial charge is 0.497 e. The molecule has 0 aliphatic heterocycles. The highest BCUT2D eigenvalue weighted by Gasteiger charge is 2.40. The maximum atomic E-state index is 12.2. The van der Waals surface area contributed by atoms with Crippen LogP contribution in [-0.2, 0) is 4.79 Å². The van der Waals surface area contributed by atoms with Crippen molar-refractivity contribution in [1.29, 1.82) is 0 Å². The van der Waals surface area contributed by atoms with Crippen LogP contribution in [0.2, 0.25) is 0 Å². The monoisotopic (exact) mass is 297 g/mol. The molecule has 4 nitrogen and oxygen atoms in total. The summed E-state index contributed by atoms with van der Waals surface area (Å²) in [6.45, 7) is 0. The normalized spacial score (nSPS) is 21.0. The van der Waals surface area contributed by atoms with Crippen molar-refractivity contribution < 1.29 is 14.6 Å². The Labute approximate surface area is 129 Å². The van der Waals surface area contributed by atoms with Gasteiger partial charge in [-0.15, -0.1) is 0 Å². The molecule has 2 aromatic carbocycles. The first-order chi connectivity index (χ1) is 10.7. The molecule has 0 saturated heterocycles. The van der Waals surface area contributed by atoms with Gasteiger partial charge in [0, 0.05) is 12.0 Å². The Kier molecular flexibility index (Phi) is 4.11. The number of amides is 1. The molecule has 2 aromatic rings. The molecule has 4 heteroatoms. The molecule has 2 N–H and O–H groups in total. The quantitative estimate of drug-likeness (QED) is 0.891. The zero-order valence-electron chi connectivity index (χ0n) is 12.4. The number of aliphatic hydroxyl groups excluding tert-OH is 1. The molecule has 0 heterocycles. The lowest BCUT2D eigenvalue weighted by Crippen LogP contribution is -2.31. The zero-order chi connectivity index (χ0) is 15.5. The molecule has 0 radical (unpaired) electrons. The van der Waals surface area contributed by atoms with Crippen LogP contribution < -0.4 is 10.1 Å². The van der Waals surface area contributed by atoms with E-state index in [0.29, 0.717) is 17.2 Å². The van der Waals surface area contributed by atoms with E-state index < -0.39 is 6.10 Å². The third-order valence-corrected chi connectivity index (χ3v) is 4.00. The summed E-state index contributed by atoms with van der Waals surface area (Å²) in [6, 6.07) is 17.1. The molecule has 0 bridgehead atoms. The van der Waals surface area contributed by atoms with Crippen molar-refractivity contribution >= 4 is 5.91 Å². The molecule has 1 amide bonds. The van der Waals surface area contributed by atoms with E-state index in [9.17, 15) is 9.90 Å². The molecule has 1 aliphatic rings. The van der Waals surface area contributed by atoms with Crippen molar-refractivity contribution in [3.05, 3.63) is 65.7 Å². The first-order valence-electron chi connectivity index (χ1n) is 7.36. The van der Waals surface area contributed by atoms with E-state index in [1.54, 1.807) is 31.4 Å². The Bertz CT molecular complexity index is 656. The molecule has 1 aliphatic carbocycles. The minimum Gasteiger partial charge on any atom is -0.497 e. The van der Waals surface area contributed by atoms with Crippen molar-refractivity contribution in [2.24, 2.45) is 0 Å². The Balaban J connectivity index is 1.61. The maximum absolute atomic E-state index is 12.2. The van der Waals surface area contributed by atoms with Gasteiger partial charge in [-0.25, -0.2) is 0 Å². The number of carbonyl (C=O) groups is 1. The van der Waals surface area contributed by atoms with Crippen LogP contribution in [0, 0.1) is 0 Å². The van der Waals surface area contributed by atoms with Crippen LogP contribution in [0.15, 0.2) is 54.6 Å². The molecule has 22 heavy (non-hydrogen) atoms. The molecule has 1 saturated carbocycles.